The monoisotopic (exact) mass is 294 g/mol. The van der Waals surface area contributed by atoms with Crippen LogP contribution in [0.3, 0.4) is 0 Å². The van der Waals surface area contributed by atoms with Gasteiger partial charge in [-0.15, -0.1) is 0 Å². The molecule has 22 heavy (non-hydrogen) atoms. The number of carbonyl (C=O) groups excluding carboxylic acids is 1. The van der Waals surface area contributed by atoms with E-state index in [1.165, 1.54) is 0 Å². The summed E-state index contributed by atoms with van der Waals surface area (Å²) < 4.78 is 0. The first kappa shape index (κ1) is 14.3. The Labute approximate surface area is 129 Å². The van der Waals surface area contributed by atoms with Crippen LogP contribution in [0.2, 0.25) is 0 Å². The number of carbonyl (C=O) groups is 1. The predicted molar refractivity (Wildman–Crippen MR) is 85.4 cm³/mol. The lowest BCUT2D eigenvalue weighted by Gasteiger charge is -2.17. The molecule has 3 rings (SSSR count). The second-order valence-corrected chi connectivity index (χ2v) is 5.25. The quantitative estimate of drug-likeness (QED) is 0.941. The minimum absolute atomic E-state index is 0.0510. The van der Waals surface area contributed by atoms with Gasteiger partial charge >= 0.3 is 0 Å². The van der Waals surface area contributed by atoms with Crippen molar-refractivity contribution in [1.82, 2.24) is 5.32 Å². The molecule has 0 spiro atoms. The van der Waals surface area contributed by atoms with E-state index in [9.17, 15) is 4.79 Å². The van der Waals surface area contributed by atoms with Gasteiger partial charge < -0.3 is 10.2 Å². The lowest BCUT2D eigenvalue weighted by atomic mass is 9.93. The van der Waals surface area contributed by atoms with Crippen molar-refractivity contribution in [2.24, 2.45) is 11.1 Å². The largest absolute Gasteiger partial charge is 0.385 e. The van der Waals surface area contributed by atoms with Gasteiger partial charge in [-0.3, -0.25) is 4.79 Å². The number of amidine groups is 1. The SMILES string of the molecule is CC[C@H]1C(NC(=O)c2ccccc2)=NO[C@@H]1c1ccccc1. The molecule has 0 saturated heterocycles. The first-order valence-electron chi connectivity index (χ1n) is 7.44. The number of nitrogens with zero attached hydrogens (tertiary/aromatic N) is 1. The van der Waals surface area contributed by atoms with E-state index < -0.39 is 0 Å². The van der Waals surface area contributed by atoms with Gasteiger partial charge in [-0.05, 0) is 24.1 Å². The van der Waals surface area contributed by atoms with Gasteiger partial charge in [-0.25, -0.2) is 0 Å². The maximum atomic E-state index is 12.3. The Balaban J connectivity index is 1.74. The fourth-order valence-electron chi connectivity index (χ4n) is 2.63. The van der Waals surface area contributed by atoms with E-state index in [4.69, 9.17) is 4.84 Å². The summed E-state index contributed by atoms with van der Waals surface area (Å²) in [7, 11) is 0. The Bertz CT molecular complexity index is 668. The molecule has 1 heterocycles. The van der Waals surface area contributed by atoms with Gasteiger partial charge in [0.25, 0.3) is 5.91 Å². The highest BCUT2D eigenvalue weighted by molar-refractivity contribution is 6.07. The van der Waals surface area contributed by atoms with Crippen LogP contribution in [0.5, 0.6) is 0 Å². The lowest BCUT2D eigenvalue weighted by molar-refractivity contribution is 0.0605. The van der Waals surface area contributed by atoms with Crippen LogP contribution in [0.25, 0.3) is 0 Å². The third-order valence-corrected chi connectivity index (χ3v) is 3.83. The highest BCUT2D eigenvalue weighted by Gasteiger charge is 2.35. The lowest BCUT2D eigenvalue weighted by Crippen LogP contribution is -2.35. The van der Waals surface area contributed by atoms with Crippen LogP contribution in [0.4, 0.5) is 0 Å². The molecule has 4 heteroatoms. The van der Waals surface area contributed by atoms with Crippen LogP contribution < -0.4 is 5.32 Å². The smallest absolute Gasteiger partial charge is 0.256 e. The number of benzene rings is 2. The first-order chi connectivity index (χ1) is 10.8. The average Bonchev–Trinajstić information content (AvgIpc) is 2.99. The van der Waals surface area contributed by atoms with Gasteiger partial charge in [-0.1, -0.05) is 60.6 Å². The normalized spacial score (nSPS) is 20.1. The third kappa shape index (κ3) is 2.86. The Morgan fingerprint density at radius 2 is 1.73 bits per heavy atom. The van der Waals surface area contributed by atoms with E-state index in [2.05, 4.69) is 17.4 Å². The minimum atomic E-state index is -0.157. The van der Waals surface area contributed by atoms with Gasteiger partial charge in [0.2, 0.25) is 0 Å². The number of nitrogens with one attached hydrogen (secondary N) is 1. The van der Waals surface area contributed by atoms with Crippen molar-refractivity contribution in [3.8, 4) is 0 Å². The van der Waals surface area contributed by atoms with Crippen molar-refractivity contribution in [3.05, 3.63) is 71.8 Å². The number of amides is 1. The van der Waals surface area contributed by atoms with Gasteiger partial charge in [-0.2, -0.15) is 0 Å². The molecule has 1 amide bonds. The molecule has 0 aliphatic carbocycles. The van der Waals surface area contributed by atoms with Crippen LogP contribution in [0.15, 0.2) is 65.8 Å². The Hall–Kier alpha value is -2.62. The molecular weight excluding hydrogens is 276 g/mol. The molecule has 112 valence electrons. The minimum Gasteiger partial charge on any atom is -0.385 e. The molecule has 2 aromatic carbocycles. The van der Waals surface area contributed by atoms with Crippen molar-refractivity contribution in [2.45, 2.75) is 19.4 Å². The fourth-order valence-corrected chi connectivity index (χ4v) is 2.63. The van der Waals surface area contributed by atoms with Gasteiger partial charge in [0.15, 0.2) is 11.9 Å². The van der Waals surface area contributed by atoms with Crippen molar-refractivity contribution in [1.29, 1.82) is 0 Å². The van der Waals surface area contributed by atoms with Gasteiger partial charge in [0, 0.05) is 5.56 Å². The van der Waals surface area contributed by atoms with Crippen LogP contribution in [0, 0.1) is 5.92 Å². The van der Waals surface area contributed by atoms with E-state index >= 15 is 0 Å². The first-order valence-corrected chi connectivity index (χ1v) is 7.44. The third-order valence-electron chi connectivity index (χ3n) is 3.83. The van der Waals surface area contributed by atoms with Gasteiger partial charge in [0.1, 0.15) is 0 Å². The molecule has 2 atom stereocenters. The Morgan fingerprint density at radius 3 is 2.36 bits per heavy atom. The topological polar surface area (TPSA) is 50.7 Å². The summed E-state index contributed by atoms with van der Waals surface area (Å²) >= 11 is 0. The molecule has 0 unspecified atom stereocenters. The summed E-state index contributed by atoms with van der Waals surface area (Å²) in [5, 5.41) is 6.98. The molecule has 0 saturated carbocycles. The molecular formula is C18H18N2O2. The molecule has 0 fully saturated rings. The maximum absolute atomic E-state index is 12.3. The van der Waals surface area contributed by atoms with Crippen LogP contribution >= 0.6 is 0 Å². The van der Waals surface area contributed by atoms with Crippen molar-refractivity contribution < 1.29 is 9.63 Å². The zero-order valence-corrected chi connectivity index (χ0v) is 12.4. The molecule has 1 aliphatic rings. The van der Waals surface area contributed by atoms with Crippen LogP contribution in [0.1, 0.15) is 35.4 Å². The molecule has 0 bridgehead atoms. The number of rotatable bonds is 3. The van der Waals surface area contributed by atoms with E-state index in [1.807, 2.05) is 48.5 Å². The van der Waals surface area contributed by atoms with Gasteiger partial charge in [0.05, 0.1) is 5.92 Å². The average molecular weight is 294 g/mol. The van der Waals surface area contributed by atoms with Crippen molar-refractivity contribution in [2.75, 3.05) is 0 Å². The van der Waals surface area contributed by atoms with Crippen molar-refractivity contribution in [3.63, 3.8) is 0 Å². The summed E-state index contributed by atoms with van der Waals surface area (Å²) in [5.74, 6) is 0.496. The van der Waals surface area contributed by atoms with E-state index in [-0.39, 0.29) is 17.9 Å². The molecule has 2 aromatic rings. The van der Waals surface area contributed by atoms with Crippen LogP contribution in [-0.2, 0) is 4.84 Å². The Morgan fingerprint density at radius 1 is 1.09 bits per heavy atom. The summed E-state index contributed by atoms with van der Waals surface area (Å²) in [5.41, 5.74) is 1.69. The van der Waals surface area contributed by atoms with E-state index in [0.717, 1.165) is 12.0 Å². The summed E-state index contributed by atoms with van der Waals surface area (Å²) in [4.78, 5) is 17.8. The zero-order chi connectivity index (χ0) is 15.4. The molecule has 0 radical (unpaired) electrons. The number of hydrogen-bond acceptors (Lipinski definition) is 3. The molecule has 0 aromatic heterocycles. The number of oxime groups is 1. The standard InChI is InChI=1S/C18H18N2O2/c1-2-15-16(13-9-5-3-6-10-13)22-20-17(15)19-18(21)14-11-7-4-8-12-14/h3-12,15-16H,2H2,1H3,(H,19,20,21)/t15-,16-/m1/s1. The second kappa shape index (κ2) is 6.43. The summed E-state index contributed by atoms with van der Waals surface area (Å²) in [6.07, 6.45) is 0.699. The fraction of sp³-hybridized carbons (Fsp3) is 0.222. The number of hydrogen-bond donors (Lipinski definition) is 1. The van der Waals surface area contributed by atoms with Crippen LogP contribution in [-0.4, -0.2) is 11.7 Å². The Kier molecular flexibility index (Phi) is 4.19. The van der Waals surface area contributed by atoms with Crippen molar-refractivity contribution >= 4 is 11.7 Å². The zero-order valence-electron chi connectivity index (χ0n) is 12.4. The maximum Gasteiger partial charge on any atom is 0.256 e. The summed E-state index contributed by atoms with van der Waals surface area (Å²) in [6, 6.07) is 19.1. The predicted octanol–water partition coefficient (Wildman–Crippen LogP) is 3.53. The highest BCUT2D eigenvalue weighted by Crippen LogP contribution is 2.34. The molecule has 4 nitrogen and oxygen atoms in total. The summed E-state index contributed by atoms with van der Waals surface area (Å²) in [6.45, 7) is 2.07. The van der Waals surface area contributed by atoms with E-state index in [0.29, 0.717) is 11.4 Å². The van der Waals surface area contributed by atoms with E-state index in [1.54, 1.807) is 12.1 Å². The molecule has 1 aliphatic heterocycles. The second-order valence-electron chi connectivity index (χ2n) is 5.25. The highest BCUT2D eigenvalue weighted by atomic mass is 16.6. The molecule has 1 N–H and O–H groups in total.